The first-order valence-electron chi connectivity index (χ1n) is 7.18. The molecule has 0 spiro atoms. The smallest absolute Gasteiger partial charge is 0.119 e. The summed E-state index contributed by atoms with van der Waals surface area (Å²) in [7, 11) is 0. The van der Waals surface area contributed by atoms with Gasteiger partial charge in [0.2, 0.25) is 0 Å². The van der Waals surface area contributed by atoms with Crippen LogP contribution in [-0.2, 0) is 0 Å². The Balaban J connectivity index is 1.89. The van der Waals surface area contributed by atoms with Crippen LogP contribution in [0.1, 0.15) is 34.7 Å². The van der Waals surface area contributed by atoms with Crippen molar-refractivity contribution in [1.82, 2.24) is 5.32 Å². The van der Waals surface area contributed by atoms with E-state index in [0.29, 0.717) is 6.04 Å². The van der Waals surface area contributed by atoms with Gasteiger partial charge in [-0.1, -0.05) is 19.1 Å². The molecule has 0 amide bonds. The van der Waals surface area contributed by atoms with Gasteiger partial charge in [0, 0.05) is 22.2 Å². The highest BCUT2D eigenvalue weighted by atomic mass is 32.1. The highest BCUT2D eigenvalue weighted by Gasteiger charge is 2.12. The Hall–Kier alpha value is -1.32. The zero-order valence-corrected chi connectivity index (χ0v) is 13.3. The maximum atomic E-state index is 5.86. The van der Waals surface area contributed by atoms with Gasteiger partial charge in [-0.2, -0.15) is 0 Å². The molecule has 0 saturated heterocycles. The molecule has 0 fully saturated rings. The van der Waals surface area contributed by atoms with Gasteiger partial charge in [-0.3, -0.25) is 0 Å². The molecule has 1 heterocycles. The molecule has 2 nitrogen and oxygen atoms in total. The minimum absolute atomic E-state index is 0.392. The normalized spacial score (nSPS) is 12.3. The fourth-order valence-corrected chi connectivity index (χ4v) is 3.22. The van der Waals surface area contributed by atoms with E-state index in [2.05, 4.69) is 50.4 Å². The highest BCUT2D eigenvalue weighted by Crippen LogP contribution is 2.25. The molecule has 0 aliphatic rings. The topological polar surface area (TPSA) is 21.3 Å². The van der Waals surface area contributed by atoms with Crippen molar-refractivity contribution in [2.75, 3.05) is 13.2 Å². The lowest BCUT2D eigenvalue weighted by Gasteiger charge is -2.17. The van der Waals surface area contributed by atoms with E-state index >= 15 is 0 Å². The van der Waals surface area contributed by atoms with Crippen molar-refractivity contribution in [3.63, 3.8) is 0 Å². The summed E-state index contributed by atoms with van der Waals surface area (Å²) in [6.45, 7) is 8.10. The SMILES string of the molecule is CCNC(CCOc1cccc(C)c1)c1ccc(C)s1. The Morgan fingerprint density at radius 3 is 2.70 bits per heavy atom. The van der Waals surface area contributed by atoms with Crippen molar-refractivity contribution >= 4 is 11.3 Å². The van der Waals surface area contributed by atoms with Crippen molar-refractivity contribution in [2.24, 2.45) is 0 Å². The lowest BCUT2D eigenvalue weighted by atomic mass is 10.1. The van der Waals surface area contributed by atoms with Crippen LogP contribution in [0.5, 0.6) is 5.75 Å². The fourth-order valence-electron chi connectivity index (χ4n) is 2.23. The van der Waals surface area contributed by atoms with Crippen LogP contribution < -0.4 is 10.1 Å². The summed E-state index contributed by atoms with van der Waals surface area (Å²) in [5.41, 5.74) is 1.24. The molecule has 20 heavy (non-hydrogen) atoms. The van der Waals surface area contributed by atoms with Crippen molar-refractivity contribution < 1.29 is 4.74 Å². The van der Waals surface area contributed by atoms with Gasteiger partial charge in [0.25, 0.3) is 0 Å². The summed E-state index contributed by atoms with van der Waals surface area (Å²) < 4.78 is 5.86. The van der Waals surface area contributed by atoms with Crippen molar-refractivity contribution in [2.45, 2.75) is 33.2 Å². The van der Waals surface area contributed by atoms with Gasteiger partial charge in [-0.25, -0.2) is 0 Å². The molecule has 1 unspecified atom stereocenters. The number of hydrogen-bond acceptors (Lipinski definition) is 3. The van der Waals surface area contributed by atoms with Gasteiger partial charge in [-0.05, 0) is 50.2 Å². The van der Waals surface area contributed by atoms with Gasteiger partial charge in [0.15, 0.2) is 0 Å². The highest BCUT2D eigenvalue weighted by molar-refractivity contribution is 7.12. The minimum Gasteiger partial charge on any atom is -0.494 e. The summed E-state index contributed by atoms with van der Waals surface area (Å²) in [5, 5.41) is 3.54. The van der Waals surface area contributed by atoms with Crippen molar-refractivity contribution in [1.29, 1.82) is 0 Å². The molecule has 0 saturated carbocycles. The second-order valence-corrected chi connectivity index (χ2v) is 6.33. The zero-order valence-electron chi connectivity index (χ0n) is 12.5. The minimum atomic E-state index is 0.392. The van der Waals surface area contributed by atoms with Gasteiger partial charge in [-0.15, -0.1) is 11.3 Å². The van der Waals surface area contributed by atoms with Gasteiger partial charge in [0.1, 0.15) is 5.75 Å². The monoisotopic (exact) mass is 289 g/mol. The first-order chi connectivity index (χ1) is 9.69. The largest absolute Gasteiger partial charge is 0.494 e. The second-order valence-electron chi connectivity index (χ2n) is 5.01. The van der Waals surface area contributed by atoms with Crippen LogP contribution in [0.15, 0.2) is 36.4 Å². The van der Waals surface area contributed by atoms with E-state index in [-0.39, 0.29) is 0 Å². The van der Waals surface area contributed by atoms with Crippen LogP contribution >= 0.6 is 11.3 Å². The molecule has 0 aliphatic carbocycles. The quantitative estimate of drug-likeness (QED) is 0.811. The number of ether oxygens (including phenoxy) is 1. The average molecular weight is 289 g/mol. The molecule has 2 aromatic rings. The molecule has 0 aliphatic heterocycles. The molecule has 0 bridgehead atoms. The van der Waals surface area contributed by atoms with Crippen LogP contribution in [0.3, 0.4) is 0 Å². The van der Waals surface area contributed by atoms with Crippen LogP contribution in [-0.4, -0.2) is 13.2 Å². The van der Waals surface area contributed by atoms with E-state index in [1.54, 1.807) is 0 Å². The van der Waals surface area contributed by atoms with Crippen molar-refractivity contribution in [3.8, 4) is 5.75 Å². The maximum Gasteiger partial charge on any atom is 0.119 e. The number of nitrogens with one attached hydrogen (secondary N) is 1. The molecular weight excluding hydrogens is 266 g/mol. The Labute approximate surface area is 125 Å². The van der Waals surface area contributed by atoms with Gasteiger partial charge < -0.3 is 10.1 Å². The first-order valence-corrected chi connectivity index (χ1v) is 8.00. The molecule has 108 valence electrons. The number of benzene rings is 1. The van der Waals surface area contributed by atoms with Gasteiger partial charge >= 0.3 is 0 Å². The summed E-state index contributed by atoms with van der Waals surface area (Å²) in [4.78, 5) is 2.76. The third-order valence-corrected chi connectivity index (χ3v) is 4.33. The first kappa shape index (κ1) is 15.1. The Kier molecular flexibility index (Phi) is 5.62. The standard InChI is InChI=1S/C17H23NOS/c1-4-18-16(17-9-8-14(3)20-17)10-11-19-15-7-5-6-13(2)12-15/h5-9,12,16,18H,4,10-11H2,1-3H3. The molecule has 3 heteroatoms. The number of thiophene rings is 1. The number of hydrogen-bond donors (Lipinski definition) is 1. The number of rotatable bonds is 7. The van der Waals surface area contributed by atoms with Crippen LogP contribution in [0.2, 0.25) is 0 Å². The maximum absolute atomic E-state index is 5.86. The third-order valence-electron chi connectivity index (χ3n) is 3.22. The number of aryl methyl sites for hydroxylation is 2. The predicted molar refractivity (Wildman–Crippen MR) is 86.8 cm³/mol. The summed E-state index contributed by atoms with van der Waals surface area (Å²) in [6, 6.07) is 13.0. The van der Waals surface area contributed by atoms with Crippen LogP contribution in [0.25, 0.3) is 0 Å². The molecule has 1 atom stereocenters. The van der Waals surface area contributed by atoms with E-state index in [1.807, 2.05) is 23.5 Å². The Morgan fingerprint density at radius 1 is 1.20 bits per heavy atom. The Morgan fingerprint density at radius 2 is 2.05 bits per heavy atom. The molecule has 1 aromatic heterocycles. The molecule has 0 radical (unpaired) electrons. The molecule has 1 N–H and O–H groups in total. The molecule has 2 rings (SSSR count). The van der Waals surface area contributed by atoms with Crippen LogP contribution in [0, 0.1) is 13.8 Å². The van der Waals surface area contributed by atoms with E-state index < -0.39 is 0 Å². The summed E-state index contributed by atoms with van der Waals surface area (Å²) >= 11 is 1.87. The molecule has 1 aromatic carbocycles. The summed E-state index contributed by atoms with van der Waals surface area (Å²) in [6.07, 6.45) is 0.988. The van der Waals surface area contributed by atoms with Crippen LogP contribution in [0.4, 0.5) is 0 Å². The van der Waals surface area contributed by atoms with E-state index in [0.717, 1.165) is 25.3 Å². The summed E-state index contributed by atoms with van der Waals surface area (Å²) in [5.74, 6) is 0.961. The van der Waals surface area contributed by atoms with E-state index in [4.69, 9.17) is 4.74 Å². The van der Waals surface area contributed by atoms with E-state index in [1.165, 1.54) is 15.3 Å². The average Bonchev–Trinajstić information content (AvgIpc) is 2.84. The van der Waals surface area contributed by atoms with E-state index in [9.17, 15) is 0 Å². The third kappa shape index (κ3) is 4.36. The fraction of sp³-hybridized carbons (Fsp3) is 0.412. The lowest BCUT2D eigenvalue weighted by molar-refractivity contribution is 0.288. The second kappa shape index (κ2) is 7.46. The van der Waals surface area contributed by atoms with Gasteiger partial charge in [0.05, 0.1) is 6.61 Å². The predicted octanol–water partition coefficient (Wildman–Crippen LogP) is 4.48. The molecular formula is C17H23NOS. The lowest BCUT2D eigenvalue weighted by Crippen LogP contribution is -2.22. The van der Waals surface area contributed by atoms with Crippen molar-refractivity contribution in [3.05, 3.63) is 51.7 Å². The zero-order chi connectivity index (χ0) is 14.4. The Bertz CT molecular complexity index is 535.